The van der Waals surface area contributed by atoms with Gasteiger partial charge in [0.05, 0.1) is 12.7 Å². The van der Waals surface area contributed by atoms with Crippen LogP contribution in [-0.4, -0.2) is 27.4 Å². The number of rotatable bonds is 2. The molecule has 2 heterocycles. The molecule has 1 aromatic rings. The van der Waals surface area contributed by atoms with E-state index in [4.69, 9.17) is 4.74 Å². The Hall–Kier alpha value is -1.40. The number of ether oxygens (including phenoxy) is 1. The summed E-state index contributed by atoms with van der Waals surface area (Å²) in [5.41, 5.74) is -1.24. The first-order valence-corrected chi connectivity index (χ1v) is 5.95. The topological polar surface area (TPSA) is 84.3 Å². The van der Waals surface area contributed by atoms with E-state index >= 15 is 0 Å². The average Bonchev–Trinajstić information content (AvgIpc) is 2.52. The lowest BCUT2D eigenvalue weighted by molar-refractivity contribution is -0.0501. The molecule has 1 unspecified atom stereocenters. The van der Waals surface area contributed by atoms with Crippen molar-refractivity contribution in [1.82, 2.24) is 9.55 Å². The molecule has 1 fully saturated rings. The normalized spacial score (nSPS) is 30.6. The van der Waals surface area contributed by atoms with Crippen LogP contribution < -0.4 is 11.2 Å². The third-order valence-corrected chi connectivity index (χ3v) is 3.96. The minimum Gasteiger partial charge on any atom is -0.394 e. The molecular weight excluding hydrogens is 236 g/mol. The summed E-state index contributed by atoms with van der Waals surface area (Å²) in [5.74, 6) is 0.103. The predicted octanol–water partition coefficient (Wildman–Crippen LogP) is 0.0886. The molecule has 1 aliphatic rings. The molecule has 2 N–H and O–H groups in total. The van der Waals surface area contributed by atoms with E-state index in [-0.39, 0.29) is 24.0 Å². The third-order valence-electron chi connectivity index (χ3n) is 3.96. The molecule has 6 nitrogen and oxygen atoms in total. The molecule has 0 saturated carbocycles. The van der Waals surface area contributed by atoms with Crippen LogP contribution in [0, 0.1) is 11.3 Å². The van der Waals surface area contributed by atoms with Crippen molar-refractivity contribution < 1.29 is 9.84 Å². The second-order valence-corrected chi connectivity index (χ2v) is 5.34. The molecule has 0 aromatic carbocycles. The van der Waals surface area contributed by atoms with E-state index in [0.717, 1.165) is 0 Å². The van der Waals surface area contributed by atoms with Crippen molar-refractivity contribution in [2.75, 3.05) is 6.61 Å². The van der Waals surface area contributed by atoms with Gasteiger partial charge in [-0.3, -0.25) is 14.3 Å². The molecule has 1 aromatic heterocycles. The van der Waals surface area contributed by atoms with E-state index in [2.05, 4.69) is 4.98 Å². The van der Waals surface area contributed by atoms with Crippen LogP contribution in [-0.2, 0) is 4.74 Å². The highest BCUT2D eigenvalue weighted by atomic mass is 16.5. The zero-order chi connectivity index (χ0) is 13.5. The Balaban J connectivity index is 2.45. The Bertz CT molecular complexity index is 545. The molecule has 0 spiro atoms. The lowest BCUT2D eigenvalue weighted by Gasteiger charge is -2.29. The van der Waals surface area contributed by atoms with Crippen LogP contribution in [0.5, 0.6) is 0 Å². The Morgan fingerprint density at radius 2 is 2.17 bits per heavy atom. The molecule has 100 valence electrons. The number of nitrogens with zero attached hydrogens (tertiary/aromatic N) is 1. The minimum atomic E-state index is -0.494. The lowest BCUT2D eigenvalue weighted by atomic mass is 9.78. The number of H-pyrrole nitrogens is 1. The minimum absolute atomic E-state index is 0.0841. The van der Waals surface area contributed by atoms with Crippen LogP contribution in [0.4, 0.5) is 0 Å². The Labute approximate surface area is 104 Å². The first-order valence-electron chi connectivity index (χ1n) is 5.95. The second kappa shape index (κ2) is 4.37. The standard InChI is InChI=1S/C12H18N2O4/c1-7-8(6-15)18-10(12(7,2)3)14-5-4-9(16)13-11(14)17/h4-5,7-8,10,15H,6H2,1-3H3,(H,13,16,17)/t7-,8?,10-/m1/s1. The van der Waals surface area contributed by atoms with Crippen molar-refractivity contribution >= 4 is 0 Å². The van der Waals surface area contributed by atoms with Crippen LogP contribution in [0.2, 0.25) is 0 Å². The molecule has 1 saturated heterocycles. The van der Waals surface area contributed by atoms with Gasteiger partial charge in [0.2, 0.25) is 0 Å². The highest BCUT2D eigenvalue weighted by molar-refractivity contribution is 4.95. The number of aliphatic hydroxyl groups is 1. The molecule has 0 aliphatic carbocycles. The highest BCUT2D eigenvalue weighted by Gasteiger charge is 2.48. The van der Waals surface area contributed by atoms with Gasteiger partial charge in [0.25, 0.3) is 5.56 Å². The van der Waals surface area contributed by atoms with Crippen molar-refractivity contribution in [3.8, 4) is 0 Å². The molecule has 6 heteroatoms. The van der Waals surface area contributed by atoms with Gasteiger partial charge >= 0.3 is 5.69 Å². The fraction of sp³-hybridized carbons (Fsp3) is 0.667. The molecule has 1 aliphatic heterocycles. The molecule has 0 radical (unpaired) electrons. The first-order chi connectivity index (χ1) is 8.37. The molecule has 3 atom stereocenters. The van der Waals surface area contributed by atoms with Crippen LogP contribution in [0.3, 0.4) is 0 Å². The Morgan fingerprint density at radius 3 is 2.67 bits per heavy atom. The highest BCUT2D eigenvalue weighted by Crippen LogP contribution is 2.48. The number of hydrogen-bond acceptors (Lipinski definition) is 4. The summed E-state index contributed by atoms with van der Waals surface area (Å²) in [6.45, 7) is 5.86. The molecule has 0 amide bonds. The van der Waals surface area contributed by atoms with Crippen LogP contribution in [0.1, 0.15) is 27.0 Å². The van der Waals surface area contributed by atoms with Crippen molar-refractivity contribution in [2.45, 2.75) is 33.1 Å². The van der Waals surface area contributed by atoms with E-state index in [1.807, 2.05) is 20.8 Å². The maximum atomic E-state index is 11.8. The second-order valence-electron chi connectivity index (χ2n) is 5.34. The van der Waals surface area contributed by atoms with Crippen molar-refractivity contribution in [1.29, 1.82) is 0 Å². The first kappa shape index (κ1) is 13.0. The van der Waals surface area contributed by atoms with E-state index < -0.39 is 17.5 Å². The monoisotopic (exact) mass is 254 g/mol. The van der Waals surface area contributed by atoms with Gasteiger partial charge in [-0.1, -0.05) is 20.8 Å². The molecule has 18 heavy (non-hydrogen) atoms. The smallest absolute Gasteiger partial charge is 0.330 e. The quantitative estimate of drug-likeness (QED) is 0.783. The van der Waals surface area contributed by atoms with Crippen LogP contribution in [0.25, 0.3) is 0 Å². The molecular formula is C12H18N2O4. The summed E-state index contributed by atoms with van der Waals surface area (Å²) in [6.07, 6.45) is 0.637. The maximum absolute atomic E-state index is 11.8. The summed E-state index contributed by atoms with van der Waals surface area (Å²) >= 11 is 0. The van der Waals surface area contributed by atoms with Gasteiger partial charge in [-0.2, -0.15) is 0 Å². The fourth-order valence-corrected chi connectivity index (χ4v) is 2.40. The van der Waals surface area contributed by atoms with Gasteiger partial charge in [-0.05, 0) is 5.92 Å². The van der Waals surface area contributed by atoms with Gasteiger partial charge in [0.1, 0.15) is 6.23 Å². The van der Waals surface area contributed by atoms with Gasteiger partial charge in [0, 0.05) is 17.7 Å². The number of aromatic amines is 1. The van der Waals surface area contributed by atoms with Crippen LogP contribution >= 0.6 is 0 Å². The maximum Gasteiger partial charge on any atom is 0.330 e. The van der Waals surface area contributed by atoms with Crippen LogP contribution in [0.15, 0.2) is 21.9 Å². The number of aliphatic hydroxyl groups excluding tert-OH is 1. The zero-order valence-corrected chi connectivity index (χ0v) is 10.7. The van der Waals surface area contributed by atoms with Gasteiger partial charge in [-0.25, -0.2) is 4.79 Å². The Kier molecular flexibility index (Phi) is 3.16. The zero-order valence-electron chi connectivity index (χ0n) is 10.7. The van der Waals surface area contributed by atoms with E-state index in [1.165, 1.54) is 16.8 Å². The fourth-order valence-electron chi connectivity index (χ4n) is 2.40. The van der Waals surface area contributed by atoms with E-state index in [0.29, 0.717) is 0 Å². The largest absolute Gasteiger partial charge is 0.394 e. The summed E-state index contributed by atoms with van der Waals surface area (Å²) in [5, 5.41) is 9.28. The van der Waals surface area contributed by atoms with E-state index in [1.54, 1.807) is 0 Å². The molecule has 2 rings (SSSR count). The lowest BCUT2D eigenvalue weighted by Crippen LogP contribution is -2.37. The molecule has 0 bridgehead atoms. The third kappa shape index (κ3) is 1.91. The van der Waals surface area contributed by atoms with E-state index in [9.17, 15) is 14.7 Å². The Morgan fingerprint density at radius 1 is 1.50 bits per heavy atom. The van der Waals surface area contributed by atoms with Crippen molar-refractivity contribution in [2.24, 2.45) is 11.3 Å². The summed E-state index contributed by atoms with van der Waals surface area (Å²) in [7, 11) is 0. The summed E-state index contributed by atoms with van der Waals surface area (Å²) < 4.78 is 7.10. The summed E-state index contributed by atoms with van der Waals surface area (Å²) in [6, 6.07) is 1.29. The average molecular weight is 254 g/mol. The predicted molar refractivity (Wildman–Crippen MR) is 65.3 cm³/mol. The SMILES string of the molecule is C[C@@H]1C(CO)O[C@@H](n2ccc(=O)[nH]c2=O)C1(C)C. The summed E-state index contributed by atoms with van der Waals surface area (Å²) in [4.78, 5) is 25.0. The van der Waals surface area contributed by atoms with Gasteiger partial charge in [0.15, 0.2) is 0 Å². The number of hydrogen-bond donors (Lipinski definition) is 2. The van der Waals surface area contributed by atoms with Gasteiger partial charge in [-0.15, -0.1) is 0 Å². The van der Waals surface area contributed by atoms with Gasteiger partial charge < -0.3 is 9.84 Å². The number of nitrogens with one attached hydrogen (secondary N) is 1. The van der Waals surface area contributed by atoms with Crippen molar-refractivity contribution in [3.05, 3.63) is 33.1 Å². The van der Waals surface area contributed by atoms with Crippen molar-refractivity contribution in [3.63, 3.8) is 0 Å². The number of aromatic nitrogens is 2.